The highest BCUT2D eigenvalue weighted by atomic mass is 16.3. The molecule has 1 aromatic heterocycles. The monoisotopic (exact) mass is 297 g/mol. The summed E-state index contributed by atoms with van der Waals surface area (Å²) in [7, 11) is 0. The number of nitrogens with zero attached hydrogens (tertiary/aromatic N) is 3. The minimum absolute atomic E-state index is 0.222. The number of benzene rings is 1. The highest BCUT2D eigenvalue weighted by Crippen LogP contribution is 2.30. The molecule has 2 atom stereocenters. The Kier molecular flexibility index (Phi) is 4.01. The lowest BCUT2D eigenvalue weighted by molar-refractivity contribution is 0.355. The Hall–Kier alpha value is -2.10. The average Bonchev–Trinajstić information content (AvgIpc) is 2.46. The third-order valence-corrected chi connectivity index (χ3v) is 4.18. The van der Waals surface area contributed by atoms with E-state index in [1.54, 1.807) is 6.07 Å². The molecule has 0 spiro atoms. The van der Waals surface area contributed by atoms with E-state index in [1.165, 1.54) is 6.42 Å². The summed E-state index contributed by atoms with van der Waals surface area (Å²) in [5.41, 5.74) is 1.61. The Labute approximate surface area is 131 Å². The molecule has 2 heterocycles. The van der Waals surface area contributed by atoms with Gasteiger partial charge in [0, 0.05) is 24.8 Å². The molecular weight excluding hydrogens is 274 g/mol. The normalized spacial score (nSPS) is 21.9. The topological polar surface area (TPSA) is 49.2 Å². The van der Waals surface area contributed by atoms with Gasteiger partial charge in [0.15, 0.2) is 5.82 Å². The van der Waals surface area contributed by atoms with E-state index in [-0.39, 0.29) is 5.75 Å². The lowest BCUT2D eigenvalue weighted by Crippen LogP contribution is -2.39. The van der Waals surface area contributed by atoms with E-state index in [1.807, 2.05) is 31.2 Å². The molecule has 0 amide bonds. The number of para-hydroxylation sites is 1. The van der Waals surface area contributed by atoms with Crippen LogP contribution in [0.25, 0.3) is 11.4 Å². The van der Waals surface area contributed by atoms with Gasteiger partial charge in [0.25, 0.3) is 0 Å². The number of anilines is 1. The van der Waals surface area contributed by atoms with Crippen molar-refractivity contribution in [3.8, 4) is 17.1 Å². The average molecular weight is 297 g/mol. The molecule has 2 aromatic rings. The van der Waals surface area contributed by atoms with Gasteiger partial charge in [-0.2, -0.15) is 0 Å². The van der Waals surface area contributed by atoms with Crippen molar-refractivity contribution in [2.45, 2.75) is 27.2 Å². The van der Waals surface area contributed by atoms with E-state index >= 15 is 0 Å². The summed E-state index contributed by atoms with van der Waals surface area (Å²) in [6.07, 6.45) is 1.27. The van der Waals surface area contributed by atoms with Gasteiger partial charge in [-0.15, -0.1) is 0 Å². The lowest BCUT2D eigenvalue weighted by Gasteiger charge is -2.36. The van der Waals surface area contributed by atoms with Crippen molar-refractivity contribution in [2.24, 2.45) is 11.8 Å². The Balaban J connectivity index is 1.98. The van der Waals surface area contributed by atoms with Crippen LogP contribution in [0.5, 0.6) is 5.75 Å². The summed E-state index contributed by atoms with van der Waals surface area (Å²) in [5, 5.41) is 10.0. The maximum atomic E-state index is 10.0. The van der Waals surface area contributed by atoms with Gasteiger partial charge in [0.2, 0.25) is 0 Å². The number of hydrogen-bond donors (Lipinski definition) is 1. The molecule has 116 valence electrons. The molecular formula is C18H23N3O. The predicted molar refractivity (Wildman–Crippen MR) is 89.0 cm³/mol. The molecule has 1 aliphatic rings. The second kappa shape index (κ2) is 5.95. The molecule has 1 fully saturated rings. The van der Waals surface area contributed by atoms with Gasteiger partial charge in [0.1, 0.15) is 11.6 Å². The summed E-state index contributed by atoms with van der Waals surface area (Å²) in [6, 6.07) is 9.27. The number of phenolic OH excluding ortho intramolecular Hbond substituents is 1. The first-order valence-corrected chi connectivity index (χ1v) is 7.92. The van der Waals surface area contributed by atoms with Crippen molar-refractivity contribution < 1.29 is 5.11 Å². The van der Waals surface area contributed by atoms with E-state index < -0.39 is 0 Å². The smallest absolute Gasteiger partial charge is 0.165 e. The lowest BCUT2D eigenvalue weighted by atomic mass is 9.92. The maximum Gasteiger partial charge on any atom is 0.165 e. The highest BCUT2D eigenvalue weighted by molar-refractivity contribution is 5.65. The number of hydrogen-bond acceptors (Lipinski definition) is 4. The van der Waals surface area contributed by atoms with Crippen LogP contribution in [0, 0.1) is 18.8 Å². The maximum absolute atomic E-state index is 10.0. The number of piperidine rings is 1. The van der Waals surface area contributed by atoms with E-state index in [2.05, 4.69) is 23.7 Å². The van der Waals surface area contributed by atoms with Gasteiger partial charge in [-0.25, -0.2) is 9.97 Å². The van der Waals surface area contributed by atoms with Gasteiger partial charge < -0.3 is 10.0 Å². The number of aromatic nitrogens is 2. The van der Waals surface area contributed by atoms with Crippen LogP contribution < -0.4 is 4.90 Å². The standard InChI is InChI=1S/C18H23N3O/c1-12-8-13(2)11-21(10-12)17-9-14(3)19-18(20-17)15-6-4-5-7-16(15)22/h4-7,9,12-13,22H,8,10-11H2,1-3H3/t12-,13-/m1/s1. The second-order valence-corrected chi connectivity index (χ2v) is 6.56. The highest BCUT2D eigenvalue weighted by Gasteiger charge is 2.23. The quantitative estimate of drug-likeness (QED) is 0.919. The fourth-order valence-corrected chi connectivity index (χ4v) is 3.35. The van der Waals surface area contributed by atoms with Crippen LogP contribution >= 0.6 is 0 Å². The van der Waals surface area contributed by atoms with Crippen LogP contribution in [-0.2, 0) is 0 Å². The molecule has 1 N–H and O–H groups in total. The summed E-state index contributed by atoms with van der Waals surface area (Å²) in [5.74, 6) is 3.13. The van der Waals surface area contributed by atoms with Crippen LogP contribution in [0.2, 0.25) is 0 Å². The van der Waals surface area contributed by atoms with E-state index in [9.17, 15) is 5.11 Å². The second-order valence-electron chi connectivity index (χ2n) is 6.56. The number of aryl methyl sites for hydroxylation is 1. The fraction of sp³-hybridized carbons (Fsp3) is 0.444. The third kappa shape index (κ3) is 3.06. The largest absolute Gasteiger partial charge is 0.507 e. The Bertz CT molecular complexity index is 661. The van der Waals surface area contributed by atoms with E-state index in [0.717, 1.165) is 24.6 Å². The molecule has 0 saturated carbocycles. The Morgan fingerprint density at radius 1 is 1.09 bits per heavy atom. The zero-order chi connectivity index (χ0) is 15.7. The molecule has 4 nitrogen and oxygen atoms in total. The van der Waals surface area contributed by atoms with Crippen molar-refractivity contribution in [3.05, 3.63) is 36.0 Å². The molecule has 0 radical (unpaired) electrons. The third-order valence-electron chi connectivity index (χ3n) is 4.18. The van der Waals surface area contributed by atoms with Crippen LogP contribution in [0.3, 0.4) is 0 Å². The van der Waals surface area contributed by atoms with Crippen LogP contribution in [0.1, 0.15) is 26.0 Å². The SMILES string of the molecule is Cc1cc(N2C[C@H](C)C[C@@H](C)C2)nc(-c2ccccc2O)n1. The predicted octanol–water partition coefficient (Wildman–Crippen LogP) is 3.64. The molecule has 0 aliphatic carbocycles. The number of phenols is 1. The fourth-order valence-electron chi connectivity index (χ4n) is 3.35. The Morgan fingerprint density at radius 3 is 2.45 bits per heavy atom. The van der Waals surface area contributed by atoms with Gasteiger partial charge in [0.05, 0.1) is 5.56 Å². The van der Waals surface area contributed by atoms with Gasteiger partial charge >= 0.3 is 0 Å². The molecule has 4 heteroatoms. The first kappa shape index (κ1) is 14.8. The summed E-state index contributed by atoms with van der Waals surface area (Å²) in [6.45, 7) is 8.62. The minimum atomic E-state index is 0.222. The van der Waals surface area contributed by atoms with Crippen molar-refractivity contribution in [1.29, 1.82) is 0 Å². The molecule has 1 aliphatic heterocycles. The van der Waals surface area contributed by atoms with Crippen LogP contribution in [0.15, 0.2) is 30.3 Å². The van der Waals surface area contributed by atoms with Crippen LogP contribution in [0.4, 0.5) is 5.82 Å². The number of aromatic hydroxyl groups is 1. The van der Waals surface area contributed by atoms with Crippen molar-refractivity contribution >= 4 is 5.82 Å². The van der Waals surface area contributed by atoms with Crippen LogP contribution in [-0.4, -0.2) is 28.2 Å². The van der Waals surface area contributed by atoms with E-state index in [0.29, 0.717) is 23.2 Å². The minimum Gasteiger partial charge on any atom is -0.507 e. The summed E-state index contributed by atoms with van der Waals surface area (Å²) in [4.78, 5) is 11.6. The van der Waals surface area contributed by atoms with E-state index in [4.69, 9.17) is 4.98 Å². The molecule has 1 aromatic carbocycles. The number of rotatable bonds is 2. The first-order chi connectivity index (χ1) is 10.5. The summed E-state index contributed by atoms with van der Waals surface area (Å²) >= 11 is 0. The van der Waals surface area contributed by atoms with Crippen molar-refractivity contribution in [3.63, 3.8) is 0 Å². The van der Waals surface area contributed by atoms with Crippen molar-refractivity contribution in [2.75, 3.05) is 18.0 Å². The van der Waals surface area contributed by atoms with Gasteiger partial charge in [-0.3, -0.25) is 0 Å². The molecule has 22 heavy (non-hydrogen) atoms. The molecule has 1 saturated heterocycles. The zero-order valence-corrected chi connectivity index (χ0v) is 13.5. The first-order valence-electron chi connectivity index (χ1n) is 7.92. The Morgan fingerprint density at radius 2 is 1.77 bits per heavy atom. The van der Waals surface area contributed by atoms with Gasteiger partial charge in [-0.1, -0.05) is 26.0 Å². The molecule has 0 bridgehead atoms. The molecule has 0 unspecified atom stereocenters. The zero-order valence-electron chi connectivity index (χ0n) is 13.5. The summed E-state index contributed by atoms with van der Waals surface area (Å²) < 4.78 is 0. The van der Waals surface area contributed by atoms with Crippen molar-refractivity contribution in [1.82, 2.24) is 9.97 Å². The molecule has 3 rings (SSSR count). The van der Waals surface area contributed by atoms with Gasteiger partial charge in [-0.05, 0) is 37.3 Å².